The van der Waals surface area contributed by atoms with Crippen LogP contribution in [0.4, 0.5) is 5.69 Å². The van der Waals surface area contributed by atoms with E-state index < -0.39 is 0 Å². The maximum absolute atomic E-state index is 11.6. The zero-order valence-electron chi connectivity index (χ0n) is 9.82. The predicted octanol–water partition coefficient (Wildman–Crippen LogP) is 1.76. The lowest BCUT2D eigenvalue weighted by Crippen LogP contribution is -2.24. The second kappa shape index (κ2) is 7.44. The van der Waals surface area contributed by atoms with Gasteiger partial charge >= 0.3 is 0 Å². The molecule has 0 bridgehead atoms. The molecule has 1 rings (SSSR count). The van der Waals surface area contributed by atoms with Gasteiger partial charge in [0.2, 0.25) is 0 Å². The van der Waals surface area contributed by atoms with Gasteiger partial charge in [0, 0.05) is 24.2 Å². The molecule has 0 heterocycles. The number of nitrogens with one attached hydrogen (secondary N) is 1. The monoisotopic (exact) mass is 234 g/mol. The molecule has 0 radical (unpaired) electrons. The summed E-state index contributed by atoms with van der Waals surface area (Å²) >= 11 is 0. The van der Waals surface area contributed by atoms with E-state index in [1.165, 1.54) is 0 Å². The van der Waals surface area contributed by atoms with Crippen molar-refractivity contribution in [2.75, 3.05) is 12.3 Å². The first-order valence-corrected chi connectivity index (χ1v) is 5.81. The van der Waals surface area contributed by atoms with Gasteiger partial charge in [-0.15, -0.1) is 0 Å². The summed E-state index contributed by atoms with van der Waals surface area (Å²) in [6.07, 6.45) is 4.27. The number of hydrogen-bond donors (Lipinski definition) is 2. The van der Waals surface area contributed by atoms with Gasteiger partial charge in [-0.05, 0) is 37.1 Å². The summed E-state index contributed by atoms with van der Waals surface area (Å²) in [5.41, 5.74) is 6.80. The second-order valence-corrected chi connectivity index (χ2v) is 3.89. The quantitative estimate of drug-likeness (QED) is 0.429. The van der Waals surface area contributed by atoms with Crippen molar-refractivity contribution in [3.05, 3.63) is 29.8 Å². The number of anilines is 1. The van der Waals surface area contributed by atoms with E-state index in [0.717, 1.165) is 25.5 Å². The van der Waals surface area contributed by atoms with Gasteiger partial charge in [0.1, 0.15) is 6.29 Å². The van der Waals surface area contributed by atoms with Crippen molar-refractivity contribution in [1.82, 2.24) is 5.32 Å². The number of rotatable bonds is 7. The number of benzene rings is 1. The molecule has 0 fully saturated rings. The fraction of sp³-hybridized carbons (Fsp3) is 0.385. The molecule has 1 aromatic rings. The van der Waals surface area contributed by atoms with Crippen molar-refractivity contribution >= 4 is 17.9 Å². The van der Waals surface area contributed by atoms with Gasteiger partial charge in [-0.1, -0.05) is 6.42 Å². The van der Waals surface area contributed by atoms with Crippen LogP contribution in [0.1, 0.15) is 36.0 Å². The molecule has 1 amide bonds. The summed E-state index contributed by atoms with van der Waals surface area (Å²) in [5.74, 6) is -0.0830. The molecule has 0 aliphatic heterocycles. The lowest BCUT2D eigenvalue weighted by molar-refractivity contribution is -0.107. The average Bonchev–Trinajstić information content (AvgIpc) is 2.34. The Morgan fingerprint density at radius 2 is 1.88 bits per heavy atom. The van der Waals surface area contributed by atoms with Crippen LogP contribution < -0.4 is 11.1 Å². The molecule has 3 N–H and O–H groups in total. The average molecular weight is 234 g/mol. The fourth-order valence-electron chi connectivity index (χ4n) is 1.47. The van der Waals surface area contributed by atoms with Gasteiger partial charge in [-0.3, -0.25) is 4.79 Å². The molecule has 0 atom stereocenters. The Balaban J connectivity index is 2.21. The SMILES string of the molecule is Nc1ccc(C(=O)NCCCCCC=O)cc1. The molecule has 4 heteroatoms. The number of amides is 1. The standard InChI is InChI=1S/C13H18N2O2/c14-12-7-5-11(6-8-12)13(17)15-9-3-1-2-4-10-16/h5-8,10H,1-4,9,14H2,(H,15,17). The zero-order valence-corrected chi connectivity index (χ0v) is 9.82. The van der Waals surface area contributed by atoms with Crippen LogP contribution in [0.15, 0.2) is 24.3 Å². The second-order valence-electron chi connectivity index (χ2n) is 3.89. The summed E-state index contributed by atoms with van der Waals surface area (Å²) in [7, 11) is 0. The summed E-state index contributed by atoms with van der Waals surface area (Å²) in [6, 6.07) is 6.83. The van der Waals surface area contributed by atoms with Gasteiger partial charge in [0.15, 0.2) is 0 Å². The number of nitrogen functional groups attached to an aromatic ring is 1. The van der Waals surface area contributed by atoms with Crippen molar-refractivity contribution in [3.8, 4) is 0 Å². The first kappa shape index (κ1) is 13.2. The highest BCUT2D eigenvalue weighted by atomic mass is 16.1. The molecule has 0 spiro atoms. The van der Waals surface area contributed by atoms with E-state index in [2.05, 4.69) is 5.32 Å². The molecule has 0 aliphatic carbocycles. The summed E-state index contributed by atoms with van der Waals surface area (Å²) in [6.45, 7) is 0.641. The molecule has 17 heavy (non-hydrogen) atoms. The molecule has 1 aromatic carbocycles. The summed E-state index contributed by atoms with van der Waals surface area (Å²) < 4.78 is 0. The minimum Gasteiger partial charge on any atom is -0.399 e. The predicted molar refractivity (Wildman–Crippen MR) is 67.7 cm³/mol. The Kier molecular flexibility index (Phi) is 5.79. The highest BCUT2D eigenvalue weighted by Crippen LogP contribution is 2.05. The van der Waals surface area contributed by atoms with Crippen molar-refractivity contribution in [2.45, 2.75) is 25.7 Å². The molecule has 0 unspecified atom stereocenters. The molecule has 0 aliphatic rings. The van der Waals surface area contributed by atoms with Gasteiger partial charge in [-0.25, -0.2) is 0 Å². The van der Waals surface area contributed by atoms with Crippen LogP contribution >= 0.6 is 0 Å². The minimum atomic E-state index is -0.0830. The van der Waals surface area contributed by atoms with Crippen LogP contribution in [0.3, 0.4) is 0 Å². The van der Waals surface area contributed by atoms with E-state index in [0.29, 0.717) is 24.2 Å². The third kappa shape index (κ3) is 5.15. The Hall–Kier alpha value is -1.84. The first-order valence-electron chi connectivity index (χ1n) is 5.81. The number of nitrogens with two attached hydrogens (primary N) is 1. The smallest absolute Gasteiger partial charge is 0.251 e. The maximum Gasteiger partial charge on any atom is 0.251 e. The first-order chi connectivity index (χ1) is 8.24. The number of unbranched alkanes of at least 4 members (excludes halogenated alkanes) is 3. The molecule has 4 nitrogen and oxygen atoms in total. The third-order valence-electron chi connectivity index (χ3n) is 2.46. The van der Waals surface area contributed by atoms with E-state index >= 15 is 0 Å². The molecule has 0 saturated carbocycles. The van der Waals surface area contributed by atoms with E-state index in [-0.39, 0.29) is 5.91 Å². The van der Waals surface area contributed by atoms with Crippen molar-refractivity contribution in [2.24, 2.45) is 0 Å². The molecule has 0 saturated heterocycles. The number of carbonyl (C=O) groups excluding carboxylic acids is 2. The lowest BCUT2D eigenvalue weighted by Gasteiger charge is -2.04. The highest BCUT2D eigenvalue weighted by molar-refractivity contribution is 5.94. The summed E-state index contributed by atoms with van der Waals surface area (Å²) in [4.78, 5) is 21.7. The van der Waals surface area contributed by atoms with Crippen LogP contribution in [0, 0.1) is 0 Å². The van der Waals surface area contributed by atoms with Crippen LogP contribution in [0.2, 0.25) is 0 Å². The highest BCUT2D eigenvalue weighted by Gasteiger charge is 2.03. The van der Waals surface area contributed by atoms with Crippen molar-refractivity contribution in [1.29, 1.82) is 0 Å². The maximum atomic E-state index is 11.6. The number of hydrogen-bond acceptors (Lipinski definition) is 3. The van der Waals surface area contributed by atoms with Crippen molar-refractivity contribution in [3.63, 3.8) is 0 Å². The zero-order chi connectivity index (χ0) is 12.5. The van der Waals surface area contributed by atoms with Gasteiger partial charge < -0.3 is 15.8 Å². The fourth-order valence-corrected chi connectivity index (χ4v) is 1.47. The van der Waals surface area contributed by atoms with Crippen LogP contribution in [-0.2, 0) is 4.79 Å². The Morgan fingerprint density at radius 1 is 1.18 bits per heavy atom. The van der Waals surface area contributed by atoms with Gasteiger partial charge in [-0.2, -0.15) is 0 Å². The van der Waals surface area contributed by atoms with E-state index in [9.17, 15) is 9.59 Å². The molecular weight excluding hydrogens is 216 g/mol. The summed E-state index contributed by atoms with van der Waals surface area (Å²) in [5, 5.41) is 2.83. The van der Waals surface area contributed by atoms with Gasteiger partial charge in [0.05, 0.1) is 0 Å². The topological polar surface area (TPSA) is 72.2 Å². The van der Waals surface area contributed by atoms with Crippen LogP contribution in [0.25, 0.3) is 0 Å². The Bertz CT molecular complexity index is 360. The van der Waals surface area contributed by atoms with Crippen molar-refractivity contribution < 1.29 is 9.59 Å². The largest absolute Gasteiger partial charge is 0.399 e. The molecule has 0 aromatic heterocycles. The normalized spacial score (nSPS) is 9.88. The Morgan fingerprint density at radius 3 is 2.53 bits per heavy atom. The Labute approximate surface area is 101 Å². The van der Waals surface area contributed by atoms with E-state index in [1.54, 1.807) is 24.3 Å². The van der Waals surface area contributed by atoms with Crippen LogP contribution in [-0.4, -0.2) is 18.7 Å². The third-order valence-corrected chi connectivity index (χ3v) is 2.46. The minimum absolute atomic E-state index is 0.0830. The number of carbonyl (C=O) groups is 2. The van der Waals surface area contributed by atoms with Gasteiger partial charge in [0.25, 0.3) is 5.91 Å². The lowest BCUT2D eigenvalue weighted by atomic mass is 10.2. The molecular formula is C13H18N2O2. The van der Waals surface area contributed by atoms with E-state index in [1.807, 2.05) is 0 Å². The van der Waals surface area contributed by atoms with Crippen LogP contribution in [0.5, 0.6) is 0 Å². The molecule has 92 valence electrons. The number of aldehydes is 1. The van der Waals surface area contributed by atoms with E-state index in [4.69, 9.17) is 5.73 Å².